The lowest BCUT2D eigenvalue weighted by molar-refractivity contribution is -0.129. The molecule has 2 N–H and O–H groups in total. The van der Waals surface area contributed by atoms with E-state index in [4.69, 9.17) is 41.2 Å². The van der Waals surface area contributed by atoms with Crippen molar-refractivity contribution in [1.29, 1.82) is 0 Å². The van der Waals surface area contributed by atoms with Crippen LogP contribution in [-0.2, 0) is 11.2 Å². The van der Waals surface area contributed by atoms with E-state index < -0.39 is 0 Å². The minimum atomic E-state index is -0.00959. The van der Waals surface area contributed by atoms with Crippen molar-refractivity contribution < 1.29 is 4.79 Å². The van der Waals surface area contributed by atoms with Gasteiger partial charge in [-0.25, -0.2) is 0 Å². The molecule has 0 aromatic heterocycles. The average Bonchev–Trinajstić information content (AvgIpc) is 2.30. The zero-order chi connectivity index (χ0) is 13.7. The monoisotopic (exact) mass is 304 g/mol. The van der Waals surface area contributed by atoms with Gasteiger partial charge < -0.3 is 10.6 Å². The van der Waals surface area contributed by atoms with Crippen molar-refractivity contribution in [2.75, 3.05) is 13.6 Å². The molecule has 0 unspecified atom stereocenters. The maximum Gasteiger partial charge on any atom is 0.226 e. The van der Waals surface area contributed by atoms with E-state index in [1.165, 1.54) is 0 Å². The lowest BCUT2D eigenvalue weighted by Crippen LogP contribution is -2.31. The molecule has 0 radical (unpaired) electrons. The standard InChI is InChI=1S/C12H14Cl2N2OS/c1-16(5-4-11(15)18)12(17)7-8-2-3-9(13)10(14)6-8/h2-3,6H,4-5,7H2,1H3,(H2,15,18). The summed E-state index contributed by atoms with van der Waals surface area (Å²) in [4.78, 5) is 13.9. The van der Waals surface area contributed by atoms with Gasteiger partial charge in [0.15, 0.2) is 0 Å². The van der Waals surface area contributed by atoms with E-state index in [0.717, 1.165) is 5.56 Å². The number of hydrogen-bond acceptors (Lipinski definition) is 2. The minimum Gasteiger partial charge on any atom is -0.393 e. The molecule has 0 bridgehead atoms. The summed E-state index contributed by atoms with van der Waals surface area (Å²) in [6, 6.07) is 5.16. The molecule has 0 aliphatic carbocycles. The second-order valence-corrected chi connectivity index (χ2v) is 5.30. The molecule has 0 aliphatic rings. The van der Waals surface area contributed by atoms with Gasteiger partial charge in [-0.1, -0.05) is 41.5 Å². The zero-order valence-electron chi connectivity index (χ0n) is 9.95. The number of carbonyl (C=O) groups is 1. The highest BCUT2D eigenvalue weighted by Crippen LogP contribution is 2.22. The molecule has 0 spiro atoms. The van der Waals surface area contributed by atoms with Gasteiger partial charge in [-0.05, 0) is 17.7 Å². The van der Waals surface area contributed by atoms with E-state index in [1.807, 2.05) is 0 Å². The van der Waals surface area contributed by atoms with Crippen molar-refractivity contribution in [1.82, 2.24) is 4.90 Å². The van der Waals surface area contributed by atoms with Crippen LogP contribution in [0.5, 0.6) is 0 Å². The molecule has 0 saturated heterocycles. The van der Waals surface area contributed by atoms with Crippen molar-refractivity contribution in [2.45, 2.75) is 12.8 Å². The first-order chi connectivity index (χ1) is 8.40. The first kappa shape index (κ1) is 15.2. The third-order valence-electron chi connectivity index (χ3n) is 2.46. The van der Waals surface area contributed by atoms with Gasteiger partial charge in [0.2, 0.25) is 5.91 Å². The van der Waals surface area contributed by atoms with Gasteiger partial charge in [0, 0.05) is 20.0 Å². The zero-order valence-corrected chi connectivity index (χ0v) is 12.3. The molecule has 0 atom stereocenters. The van der Waals surface area contributed by atoms with Crippen LogP contribution in [0.25, 0.3) is 0 Å². The molecule has 1 amide bonds. The molecular weight excluding hydrogens is 291 g/mol. The van der Waals surface area contributed by atoms with Gasteiger partial charge in [0.25, 0.3) is 0 Å². The number of benzene rings is 1. The van der Waals surface area contributed by atoms with Gasteiger partial charge in [-0.3, -0.25) is 4.79 Å². The van der Waals surface area contributed by atoms with E-state index in [9.17, 15) is 4.79 Å². The number of hydrogen-bond donors (Lipinski definition) is 1. The number of rotatable bonds is 5. The van der Waals surface area contributed by atoms with Crippen molar-refractivity contribution in [3.05, 3.63) is 33.8 Å². The van der Waals surface area contributed by atoms with Gasteiger partial charge in [-0.2, -0.15) is 0 Å². The van der Waals surface area contributed by atoms with E-state index >= 15 is 0 Å². The number of likely N-dealkylation sites (N-methyl/N-ethyl adjacent to an activating group) is 1. The number of nitrogens with zero attached hydrogens (tertiary/aromatic N) is 1. The van der Waals surface area contributed by atoms with Crippen LogP contribution < -0.4 is 5.73 Å². The molecule has 1 rings (SSSR count). The molecule has 0 heterocycles. The Morgan fingerprint density at radius 3 is 2.61 bits per heavy atom. The van der Waals surface area contributed by atoms with E-state index in [1.54, 1.807) is 30.1 Å². The maximum absolute atomic E-state index is 11.9. The fraction of sp³-hybridized carbons (Fsp3) is 0.333. The summed E-state index contributed by atoms with van der Waals surface area (Å²) in [7, 11) is 1.72. The Balaban J connectivity index is 2.58. The second-order valence-electron chi connectivity index (χ2n) is 3.96. The van der Waals surface area contributed by atoms with Crippen molar-refractivity contribution in [2.24, 2.45) is 5.73 Å². The molecule has 1 aromatic rings. The first-order valence-electron chi connectivity index (χ1n) is 5.36. The van der Waals surface area contributed by atoms with E-state index in [0.29, 0.717) is 28.0 Å². The fourth-order valence-corrected chi connectivity index (χ4v) is 1.77. The van der Waals surface area contributed by atoms with Crippen LogP contribution in [-0.4, -0.2) is 29.4 Å². The Labute approximate surface area is 122 Å². The number of amides is 1. The highest BCUT2D eigenvalue weighted by atomic mass is 35.5. The highest BCUT2D eigenvalue weighted by Gasteiger charge is 2.10. The summed E-state index contributed by atoms with van der Waals surface area (Å²) in [5.74, 6) is -0.00959. The third-order valence-corrected chi connectivity index (χ3v) is 3.40. The largest absolute Gasteiger partial charge is 0.393 e. The Hall–Kier alpha value is -0.840. The van der Waals surface area contributed by atoms with Crippen LogP contribution >= 0.6 is 35.4 Å². The predicted molar refractivity (Wildman–Crippen MR) is 79.2 cm³/mol. The summed E-state index contributed by atoms with van der Waals surface area (Å²) < 4.78 is 0. The van der Waals surface area contributed by atoms with Gasteiger partial charge in [-0.15, -0.1) is 0 Å². The minimum absolute atomic E-state index is 0.00959. The summed E-state index contributed by atoms with van der Waals surface area (Å²) >= 11 is 16.5. The number of thiocarbonyl (C=S) groups is 1. The van der Waals surface area contributed by atoms with Crippen LogP contribution in [0, 0.1) is 0 Å². The summed E-state index contributed by atoms with van der Waals surface area (Å²) in [5.41, 5.74) is 6.22. The van der Waals surface area contributed by atoms with Crippen LogP contribution in [0.15, 0.2) is 18.2 Å². The topological polar surface area (TPSA) is 46.3 Å². The second kappa shape index (κ2) is 6.92. The first-order valence-corrected chi connectivity index (χ1v) is 6.52. The quantitative estimate of drug-likeness (QED) is 0.851. The van der Waals surface area contributed by atoms with Gasteiger partial charge >= 0.3 is 0 Å². The molecule has 0 aliphatic heterocycles. The van der Waals surface area contributed by atoms with Crippen molar-refractivity contribution in [3.63, 3.8) is 0 Å². The fourth-order valence-electron chi connectivity index (χ4n) is 1.36. The summed E-state index contributed by atoms with van der Waals surface area (Å²) in [6.07, 6.45) is 0.809. The van der Waals surface area contributed by atoms with Gasteiger partial charge in [0.05, 0.1) is 21.5 Å². The van der Waals surface area contributed by atoms with Crippen LogP contribution in [0.3, 0.4) is 0 Å². The van der Waals surface area contributed by atoms with Crippen LogP contribution in [0.2, 0.25) is 10.0 Å². The van der Waals surface area contributed by atoms with Gasteiger partial charge in [0.1, 0.15) is 0 Å². The number of halogens is 2. The number of nitrogens with two attached hydrogens (primary N) is 1. The van der Waals surface area contributed by atoms with Crippen molar-refractivity contribution in [3.8, 4) is 0 Å². The predicted octanol–water partition coefficient (Wildman–Crippen LogP) is 2.67. The Bertz CT molecular complexity index is 465. The van der Waals surface area contributed by atoms with Crippen molar-refractivity contribution >= 4 is 46.3 Å². The average molecular weight is 305 g/mol. The molecule has 1 aromatic carbocycles. The summed E-state index contributed by atoms with van der Waals surface area (Å²) in [6.45, 7) is 0.523. The van der Waals surface area contributed by atoms with E-state index in [2.05, 4.69) is 0 Å². The smallest absolute Gasteiger partial charge is 0.226 e. The molecule has 98 valence electrons. The van der Waals surface area contributed by atoms with Crippen LogP contribution in [0.1, 0.15) is 12.0 Å². The normalized spacial score (nSPS) is 10.2. The molecule has 0 fully saturated rings. The molecule has 6 heteroatoms. The molecule has 0 saturated carbocycles. The van der Waals surface area contributed by atoms with E-state index in [-0.39, 0.29) is 12.3 Å². The summed E-state index contributed by atoms with van der Waals surface area (Å²) in [5, 5.41) is 0.933. The third kappa shape index (κ3) is 4.80. The van der Waals surface area contributed by atoms with Crippen LogP contribution in [0.4, 0.5) is 0 Å². The SMILES string of the molecule is CN(CCC(N)=S)C(=O)Cc1ccc(Cl)c(Cl)c1. The number of carbonyl (C=O) groups excluding carboxylic acids is 1. The lowest BCUT2D eigenvalue weighted by Gasteiger charge is -2.16. The lowest BCUT2D eigenvalue weighted by atomic mass is 10.1. The Morgan fingerprint density at radius 2 is 2.06 bits per heavy atom. The Morgan fingerprint density at radius 1 is 1.39 bits per heavy atom. The Kier molecular flexibility index (Phi) is 5.85. The highest BCUT2D eigenvalue weighted by molar-refractivity contribution is 7.80. The molecule has 18 heavy (non-hydrogen) atoms. The molecular formula is C12H14Cl2N2OS. The molecule has 3 nitrogen and oxygen atoms in total. The maximum atomic E-state index is 11.9.